The predicted molar refractivity (Wildman–Crippen MR) is 118 cm³/mol. The topological polar surface area (TPSA) is 79.7 Å². The third-order valence-corrected chi connectivity index (χ3v) is 7.34. The molecule has 6 nitrogen and oxygen atoms in total. The second kappa shape index (κ2) is 11.1. The van der Waals surface area contributed by atoms with E-state index in [1.807, 2.05) is 4.90 Å². The van der Waals surface area contributed by atoms with E-state index in [0.29, 0.717) is 18.7 Å². The van der Waals surface area contributed by atoms with Crippen molar-refractivity contribution in [3.05, 3.63) is 23.2 Å². The Morgan fingerprint density at radius 3 is 2.93 bits per heavy atom. The van der Waals surface area contributed by atoms with Gasteiger partial charge in [-0.05, 0) is 18.3 Å². The standard InChI is InChI=1S/C21H32N2O4S2/c1-5-6-11-21(2,3)17(27-4)9-7-15-8-10-18(24)23(15)12-13-28-20-22-16(14-29-20)19(25)26/h7,9,14-15,17H,5-6,8,10-13H2,1-4H3,(H,25,26)/t15-,17+/m0/s1. The van der Waals surface area contributed by atoms with Crippen molar-refractivity contribution in [2.24, 2.45) is 5.41 Å². The Balaban J connectivity index is 1.92. The zero-order chi connectivity index (χ0) is 21.4. The summed E-state index contributed by atoms with van der Waals surface area (Å²) in [6, 6.07) is 0.0913. The molecule has 1 N–H and O–H groups in total. The Morgan fingerprint density at radius 2 is 2.31 bits per heavy atom. The number of nitrogens with zero attached hydrogens (tertiary/aromatic N) is 2. The Bertz CT molecular complexity index is 717. The summed E-state index contributed by atoms with van der Waals surface area (Å²) in [4.78, 5) is 29.3. The molecule has 1 saturated heterocycles. The lowest BCUT2D eigenvalue weighted by Crippen LogP contribution is -2.35. The highest BCUT2D eigenvalue weighted by Gasteiger charge is 2.31. The van der Waals surface area contributed by atoms with Gasteiger partial charge in [-0.1, -0.05) is 57.5 Å². The number of hydrogen-bond acceptors (Lipinski definition) is 6. The molecule has 2 heterocycles. The van der Waals surface area contributed by atoms with Gasteiger partial charge < -0.3 is 14.7 Å². The molecule has 1 aromatic heterocycles. The average molecular weight is 441 g/mol. The van der Waals surface area contributed by atoms with E-state index in [2.05, 4.69) is 37.9 Å². The molecule has 0 aliphatic carbocycles. The number of aromatic carboxylic acids is 1. The predicted octanol–water partition coefficient (Wildman–Crippen LogP) is 4.71. The van der Waals surface area contributed by atoms with Crippen molar-refractivity contribution >= 4 is 35.0 Å². The van der Waals surface area contributed by atoms with Crippen LogP contribution in [0.15, 0.2) is 21.9 Å². The monoisotopic (exact) mass is 440 g/mol. The summed E-state index contributed by atoms with van der Waals surface area (Å²) < 4.78 is 6.47. The van der Waals surface area contributed by atoms with Gasteiger partial charge in [-0.15, -0.1) is 11.3 Å². The molecule has 1 aliphatic heterocycles. The van der Waals surface area contributed by atoms with Gasteiger partial charge in [0.25, 0.3) is 0 Å². The van der Waals surface area contributed by atoms with Crippen molar-refractivity contribution in [2.45, 2.75) is 69.4 Å². The minimum Gasteiger partial charge on any atom is -0.476 e. The van der Waals surface area contributed by atoms with Crippen molar-refractivity contribution < 1.29 is 19.4 Å². The quantitative estimate of drug-likeness (QED) is 0.374. The van der Waals surface area contributed by atoms with E-state index in [0.717, 1.165) is 17.2 Å². The van der Waals surface area contributed by atoms with Crippen LogP contribution in [0.4, 0.5) is 0 Å². The Labute approximate surface area is 181 Å². The van der Waals surface area contributed by atoms with Crippen molar-refractivity contribution in [1.82, 2.24) is 9.88 Å². The number of carboxylic acid groups (broad SMARTS) is 1. The Morgan fingerprint density at radius 1 is 1.55 bits per heavy atom. The first-order valence-corrected chi connectivity index (χ1v) is 12.0. The smallest absolute Gasteiger partial charge is 0.355 e. The second-order valence-corrected chi connectivity index (χ2v) is 10.2. The van der Waals surface area contributed by atoms with Gasteiger partial charge in [0, 0.05) is 31.2 Å². The fourth-order valence-electron chi connectivity index (χ4n) is 3.56. The summed E-state index contributed by atoms with van der Waals surface area (Å²) in [6.07, 6.45) is 9.10. The lowest BCUT2D eigenvalue weighted by atomic mass is 9.81. The van der Waals surface area contributed by atoms with E-state index in [9.17, 15) is 9.59 Å². The van der Waals surface area contributed by atoms with Crippen LogP contribution in [-0.2, 0) is 9.53 Å². The van der Waals surface area contributed by atoms with Crippen molar-refractivity contribution in [2.75, 3.05) is 19.4 Å². The summed E-state index contributed by atoms with van der Waals surface area (Å²) in [5, 5.41) is 10.5. The Kier molecular flexibility index (Phi) is 9.17. The van der Waals surface area contributed by atoms with E-state index in [1.165, 1.54) is 35.9 Å². The third-order valence-electron chi connectivity index (χ3n) is 5.34. The number of unbranched alkanes of at least 4 members (excludes halogenated alkanes) is 1. The zero-order valence-electron chi connectivity index (χ0n) is 17.7. The highest BCUT2D eigenvalue weighted by molar-refractivity contribution is 8.01. The van der Waals surface area contributed by atoms with Crippen LogP contribution in [0.25, 0.3) is 0 Å². The van der Waals surface area contributed by atoms with Crippen LogP contribution in [-0.4, -0.2) is 58.4 Å². The molecule has 0 radical (unpaired) electrons. The number of hydrogen-bond donors (Lipinski definition) is 1. The molecule has 0 unspecified atom stereocenters. The van der Waals surface area contributed by atoms with Crippen LogP contribution >= 0.6 is 23.1 Å². The van der Waals surface area contributed by atoms with Gasteiger partial charge in [0.1, 0.15) is 0 Å². The molecule has 1 fully saturated rings. The number of thiazole rings is 1. The van der Waals surface area contributed by atoms with Crippen LogP contribution in [0.3, 0.4) is 0 Å². The molecular formula is C21H32N2O4S2. The molecule has 1 aliphatic rings. The van der Waals surface area contributed by atoms with Crippen molar-refractivity contribution in [1.29, 1.82) is 0 Å². The lowest BCUT2D eigenvalue weighted by Gasteiger charge is -2.32. The molecule has 2 atom stereocenters. The summed E-state index contributed by atoms with van der Waals surface area (Å²) in [5.74, 6) is -0.148. The number of amides is 1. The summed E-state index contributed by atoms with van der Waals surface area (Å²) in [7, 11) is 1.75. The minimum atomic E-state index is -1.01. The van der Waals surface area contributed by atoms with Gasteiger partial charge in [-0.2, -0.15) is 0 Å². The van der Waals surface area contributed by atoms with Crippen molar-refractivity contribution in [3.63, 3.8) is 0 Å². The maximum Gasteiger partial charge on any atom is 0.355 e. The maximum absolute atomic E-state index is 12.3. The first-order chi connectivity index (χ1) is 13.8. The highest BCUT2D eigenvalue weighted by Crippen LogP contribution is 2.31. The molecule has 0 aromatic carbocycles. The van der Waals surface area contributed by atoms with Gasteiger partial charge in [0.2, 0.25) is 5.91 Å². The number of methoxy groups -OCH3 is 1. The van der Waals surface area contributed by atoms with Gasteiger partial charge in [-0.25, -0.2) is 9.78 Å². The van der Waals surface area contributed by atoms with E-state index in [4.69, 9.17) is 9.84 Å². The fourth-order valence-corrected chi connectivity index (χ4v) is 5.37. The number of carboxylic acids is 1. The molecule has 8 heteroatoms. The maximum atomic E-state index is 12.3. The number of likely N-dealkylation sites (tertiary alicyclic amines) is 1. The first kappa shape index (κ1) is 23.9. The van der Waals surface area contributed by atoms with Gasteiger partial charge in [0.15, 0.2) is 10.0 Å². The van der Waals surface area contributed by atoms with E-state index in [1.54, 1.807) is 12.5 Å². The lowest BCUT2D eigenvalue weighted by molar-refractivity contribution is -0.128. The van der Waals surface area contributed by atoms with E-state index >= 15 is 0 Å². The summed E-state index contributed by atoms with van der Waals surface area (Å²) in [6.45, 7) is 7.28. The SMILES string of the molecule is CCCCC(C)(C)[C@@H](C=C[C@H]1CCC(=O)N1CCSc1nc(C(=O)O)cs1)OC. The largest absolute Gasteiger partial charge is 0.476 e. The molecule has 162 valence electrons. The van der Waals surface area contributed by atoms with Crippen LogP contribution < -0.4 is 0 Å². The fraction of sp³-hybridized carbons (Fsp3) is 0.667. The van der Waals surface area contributed by atoms with Crippen LogP contribution in [0.1, 0.15) is 63.4 Å². The number of rotatable bonds is 12. The number of thioether (sulfide) groups is 1. The molecule has 2 rings (SSSR count). The summed E-state index contributed by atoms with van der Waals surface area (Å²) in [5.41, 5.74) is 0.129. The molecule has 29 heavy (non-hydrogen) atoms. The summed E-state index contributed by atoms with van der Waals surface area (Å²) >= 11 is 2.82. The molecule has 0 bridgehead atoms. The number of ether oxygens (including phenoxy) is 1. The Hall–Kier alpha value is -1.38. The van der Waals surface area contributed by atoms with Gasteiger partial charge >= 0.3 is 5.97 Å². The molecule has 0 spiro atoms. The van der Waals surface area contributed by atoms with Crippen LogP contribution in [0.5, 0.6) is 0 Å². The van der Waals surface area contributed by atoms with E-state index < -0.39 is 5.97 Å². The van der Waals surface area contributed by atoms with Gasteiger partial charge in [-0.3, -0.25) is 4.79 Å². The second-order valence-electron chi connectivity index (χ2n) is 7.98. The number of carbonyl (C=O) groups is 2. The van der Waals surface area contributed by atoms with Crippen molar-refractivity contribution in [3.8, 4) is 0 Å². The number of aromatic nitrogens is 1. The molecular weight excluding hydrogens is 408 g/mol. The molecule has 1 aromatic rings. The van der Waals surface area contributed by atoms with Crippen LogP contribution in [0, 0.1) is 5.41 Å². The minimum absolute atomic E-state index is 0.0192. The third kappa shape index (κ3) is 6.83. The van der Waals surface area contributed by atoms with Crippen LogP contribution in [0.2, 0.25) is 0 Å². The van der Waals surface area contributed by atoms with Gasteiger partial charge in [0.05, 0.1) is 12.1 Å². The number of carbonyl (C=O) groups excluding carboxylic acids is 1. The first-order valence-electron chi connectivity index (χ1n) is 10.1. The normalized spacial score (nSPS) is 18.7. The van der Waals surface area contributed by atoms with E-state index in [-0.39, 0.29) is 29.2 Å². The molecule has 0 saturated carbocycles. The highest BCUT2D eigenvalue weighted by atomic mass is 32.2. The average Bonchev–Trinajstić information content (AvgIpc) is 3.28. The zero-order valence-corrected chi connectivity index (χ0v) is 19.4. The molecule has 1 amide bonds.